The monoisotopic (exact) mass is 334 g/mol. The molecule has 24 heavy (non-hydrogen) atoms. The second kappa shape index (κ2) is 7.34. The SMILES string of the molecule is COCC1CC(=O)N(CC2CCN(C(=O)c3cn(C)cn3)CC2)C1. The maximum atomic E-state index is 12.4. The van der Waals surface area contributed by atoms with Crippen molar-refractivity contribution in [3.8, 4) is 0 Å². The molecule has 2 aliphatic rings. The summed E-state index contributed by atoms with van der Waals surface area (Å²) >= 11 is 0. The largest absolute Gasteiger partial charge is 0.384 e. The molecule has 2 saturated heterocycles. The molecule has 3 rings (SSSR count). The normalized spacial score (nSPS) is 22.4. The number of nitrogens with zero attached hydrogens (tertiary/aromatic N) is 4. The van der Waals surface area contributed by atoms with Gasteiger partial charge in [-0.15, -0.1) is 0 Å². The van der Waals surface area contributed by atoms with Gasteiger partial charge in [0.1, 0.15) is 5.69 Å². The lowest BCUT2D eigenvalue weighted by molar-refractivity contribution is -0.128. The summed E-state index contributed by atoms with van der Waals surface area (Å²) in [5, 5.41) is 0. The molecule has 0 bridgehead atoms. The van der Waals surface area contributed by atoms with Gasteiger partial charge in [-0.2, -0.15) is 0 Å². The Kier molecular flexibility index (Phi) is 5.18. The highest BCUT2D eigenvalue weighted by Gasteiger charge is 2.32. The fraction of sp³-hybridized carbons (Fsp3) is 0.706. The minimum atomic E-state index is 0.00598. The zero-order valence-corrected chi connectivity index (χ0v) is 14.5. The summed E-state index contributed by atoms with van der Waals surface area (Å²) in [7, 11) is 3.54. The summed E-state index contributed by atoms with van der Waals surface area (Å²) in [6, 6.07) is 0. The van der Waals surface area contributed by atoms with E-state index in [1.54, 1.807) is 24.2 Å². The number of aromatic nitrogens is 2. The van der Waals surface area contributed by atoms with Crippen molar-refractivity contribution in [2.75, 3.05) is 39.9 Å². The van der Waals surface area contributed by atoms with Crippen molar-refractivity contribution < 1.29 is 14.3 Å². The maximum absolute atomic E-state index is 12.4. The topological polar surface area (TPSA) is 67.7 Å². The molecule has 0 saturated carbocycles. The van der Waals surface area contributed by atoms with Crippen LogP contribution in [-0.4, -0.2) is 71.1 Å². The molecule has 7 heteroatoms. The van der Waals surface area contributed by atoms with E-state index < -0.39 is 0 Å². The number of amides is 2. The Labute approximate surface area is 142 Å². The van der Waals surface area contributed by atoms with Gasteiger partial charge in [-0.05, 0) is 18.8 Å². The Balaban J connectivity index is 1.47. The van der Waals surface area contributed by atoms with Crippen LogP contribution in [0.4, 0.5) is 0 Å². The van der Waals surface area contributed by atoms with Crippen LogP contribution in [-0.2, 0) is 16.6 Å². The van der Waals surface area contributed by atoms with Crippen LogP contribution in [0.5, 0.6) is 0 Å². The van der Waals surface area contributed by atoms with Crippen molar-refractivity contribution in [3.63, 3.8) is 0 Å². The molecule has 2 fully saturated rings. The minimum absolute atomic E-state index is 0.00598. The number of aryl methyl sites for hydroxylation is 1. The summed E-state index contributed by atoms with van der Waals surface area (Å²) in [5.41, 5.74) is 0.507. The van der Waals surface area contributed by atoms with Crippen LogP contribution in [0.1, 0.15) is 29.8 Å². The zero-order valence-electron chi connectivity index (χ0n) is 14.5. The Hall–Kier alpha value is -1.89. The number of likely N-dealkylation sites (tertiary alicyclic amines) is 2. The number of hydrogen-bond donors (Lipinski definition) is 0. The van der Waals surface area contributed by atoms with E-state index in [1.165, 1.54) is 0 Å². The van der Waals surface area contributed by atoms with Crippen LogP contribution >= 0.6 is 0 Å². The first-order valence-electron chi connectivity index (χ1n) is 8.60. The fourth-order valence-electron chi connectivity index (χ4n) is 3.69. The van der Waals surface area contributed by atoms with Gasteiger partial charge in [0.2, 0.25) is 5.91 Å². The van der Waals surface area contributed by atoms with Gasteiger partial charge >= 0.3 is 0 Å². The van der Waals surface area contributed by atoms with E-state index in [9.17, 15) is 9.59 Å². The molecule has 2 aliphatic heterocycles. The molecule has 0 aromatic carbocycles. The van der Waals surface area contributed by atoms with Crippen molar-refractivity contribution in [3.05, 3.63) is 18.2 Å². The first kappa shape index (κ1) is 17.0. The van der Waals surface area contributed by atoms with Gasteiger partial charge in [0.15, 0.2) is 0 Å². The van der Waals surface area contributed by atoms with E-state index in [0.717, 1.165) is 39.0 Å². The highest BCUT2D eigenvalue weighted by molar-refractivity contribution is 5.92. The summed E-state index contributed by atoms with van der Waals surface area (Å²) in [4.78, 5) is 32.5. The molecule has 0 radical (unpaired) electrons. The lowest BCUT2D eigenvalue weighted by Gasteiger charge is -2.33. The third-order valence-corrected chi connectivity index (χ3v) is 5.00. The predicted octanol–water partition coefficient (Wildman–Crippen LogP) is 0.767. The second-order valence-electron chi connectivity index (χ2n) is 6.98. The molecular weight excluding hydrogens is 308 g/mol. The molecule has 1 aromatic rings. The number of hydrogen-bond acceptors (Lipinski definition) is 4. The molecule has 1 unspecified atom stereocenters. The maximum Gasteiger partial charge on any atom is 0.274 e. The van der Waals surface area contributed by atoms with E-state index in [1.807, 2.05) is 16.8 Å². The van der Waals surface area contributed by atoms with Crippen molar-refractivity contribution >= 4 is 11.8 Å². The second-order valence-corrected chi connectivity index (χ2v) is 6.98. The molecule has 3 heterocycles. The smallest absolute Gasteiger partial charge is 0.274 e. The third kappa shape index (κ3) is 3.77. The van der Waals surface area contributed by atoms with Gasteiger partial charge in [0.05, 0.1) is 12.9 Å². The van der Waals surface area contributed by atoms with Gasteiger partial charge in [-0.1, -0.05) is 0 Å². The number of methoxy groups -OCH3 is 1. The van der Waals surface area contributed by atoms with Crippen molar-refractivity contribution in [2.45, 2.75) is 19.3 Å². The van der Waals surface area contributed by atoms with E-state index in [0.29, 0.717) is 30.6 Å². The highest BCUT2D eigenvalue weighted by Crippen LogP contribution is 2.24. The average molecular weight is 334 g/mol. The van der Waals surface area contributed by atoms with Crippen molar-refractivity contribution in [1.82, 2.24) is 19.4 Å². The van der Waals surface area contributed by atoms with E-state index in [2.05, 4.69) is 4.98 Å². The van der Waals surface area contributed by atoms with E-state index >= 15 is 0 Å². The van der Waals surface area contributed by atoms with Gasteiger partial charge < -0.3 is 19.1 Å². The molecule has 0 aliphatic carbocycles. The minimum Gasteiger partial charge on any atom is -0.384 e. The molecule has 1 atom stereocenters. The van der Waals surface area contributed by atoms with Crippen molar-refractivity contribution in [2.24, 2.45) is 18.9 Å². The van der Waals surface area contributed by atoms with Crippen LogP contribution in [0.25, 0.3) is 0 Å². The van der Waals surface area contributed by atoms with Crippen molar-refractivity contribution in [1.29, 1.82) is 0 Å². The Morgan fingerprint density at radius 3 is 2.71 bits per heavy atom. The Bertz CT molecular complexity index is 592. The molecule has 2 amide bonds. The van der Waals surface area contributed by atoms with E-state index in [4.69, 9.17) is 4.74 Å². The zero-order chi connectivity index (χ0) is 17.1. The highest BCUT2D eigenvalue weighted by atomic mass is 16.5. The number of ether oxygens (including phenoxy) is 1. The molecule has 7 nitrogen and oxygen atoms in total. The molecular formula is C17H26N4O3. The lowest BCUT2D eigenvalue weighted by Crippen LogP contribution is -2.42. The van der Waals surface area contributed by atoms with Crippen LogP contribution < -0.4 is 0 Å². The first-order chi connectivity index (χ1) is 11.6. The number of piperidine rings is 1. The molecule has 0 N–H and O–H groups in total. The van der Waals surface area contributed by atoms with Gasteiger partial charge in [-0.25, -0.2) is 4.98 Å². The van der Waals surface area contributed by atoms with Gasteiger partial charge in [0.25, 0.3) is 5.91 Å². The molecule has 132 valence electrons. The van der Waals surface area contributed by atoms with E-state index in [-0.39, 0.29) is 11.8 Å². The Morgan fingerprint density at radius 2 is 2.08 bits per heavy atom. The number of carbonyl (C=O) groups is 2. The lowest BCUT2D eigenvalue weighted by atomic mass is 9.96. The molecule has 1 aromatic heterocycles. The van der Waals surface area contributed by atoms with Crippen LogP contribution in [0.3, 0.4) is 0 Å². The Morgan fingerprint density at radius 1 is 1.33 bits per heavy atom. The first-order valence-corrected chi connectivity index (χ1v) is 8.60. The summed E-state index contributed by atoms with van der Waals surface area (Å²) in [6.45, 7) is 3.75. The summed E-state index contributed by atoms with van der Waals surface area (Å²) in [5.74, 6) is 1.05. The molecule has 0 spiro atoms. The third-order valence-electron chi connectivity index (χ3n) is 5.00. The standard InChI is InChI=1S/C17H26N4O3/c1-19-10-15(18-12-19)17(23)20-5-3-13(4-6-20)8-21-9-14(11-24-2)7-16(21)22/h10,12-14H,3-9,11H2,1-2H3. The average Bonchev–Trinajstić information content (AvgIpc) is 3.14. The quantitative estimate of drug-likeness (QED) is 0.798. The van der Waals surface area contributed by atoms with Crippen LogP contribution in [0.2, 0.25) is 0 Å². The predicted molar refractivity (Wildman–Crippen MR) is 88.4 cm³/mol. The fourth-order valence-corrected chi connectivity index (χ4v) is 3.69. The van der Waals surface area contributed by atoms with Gasteiger partial charge in [0, 0.05) is 58.9 Å². The summed E-state index contributed by atoms with van der Waals surface area (Å²) < 4.78 is 6.95. The van der Waals surface area contributed by atoms with Gasteiger partial charge in [-0.3, -0.25) is 9.59 Å². The summed E-state index contributed by atoms with van der Waals surface area (Å²) in [6.07, 6.45) is 5.89. The number of rotatable bonds is 5. The van der Waals surface area contributed by atoms with Crippen LogP contribution in [0, 0.1) is 11.8 Å². The number of imidazole rings is 1. The number of carbonyl (C=O) groups excluding carboxylic acids is 2. The van der Waals surface area contributed by atoms with Crippen LogP contribution in [0.15, 0.2) is 12.5 Å².